The third-order valence-corrected chi connectivity index (χ3v) is 2.62. The molecule has 1 heterocycles. The number of nitrogens with zero attached hydrogens (tertiary/aromatic N) is 2. The van der Waals surface area contributed by atoms with Crippen molar-refractivity contribution in [1.29, 1.82) is 0 Å². The lowest BCUT2D eigenvalue weighted by Crippen LogP contribution is -2.28. The molecule has 0 unspecified atom stereocenters. The minimum Gasteiger partial charge on any atom is -0.346 e. The Balaban J connectivity index is 2.44. The number of likely N-dealkylation sites (N-methyl/N-ethyl adjacent to an activating group) is 1. The maximum atomic E-state index is 12.2. The van der Waals surface area contributed by atoms with Crippen LogP contribution in [-0.4, -0.2) is 41.2 Å². The van der Waals surface area contributed by atoms with Gasteiger partial charge in [0.25, 0.3) is 0 Å². The van der Waals surface area contributed by atoms with Gasteiger partial charge in [0.15, 0.2) is 0 Å². The van der Waals surface area contributed by atoms with Crippen LogP contribution in [-0.2, 0) is 6.42 Å². The summed E-state index contributed by atoms with van der Waals surface area (Å²) in [7, 11) is 0. The van der Waals surface area contributed by atoms with E-state index in [-0.39, 0.29) is 6.67 Å². The van der Waals surface area contributed by atoms with Gasteiger partial charge in [-0.05, 0) is 20.4 Å². The van der Waals surface area contributed by atoms with E-state index >= 15 is 0 Å². The number of hydrogen-bond acceptors (Lipinski definition) is 2. The van der Waals surface area contributed by atoms with Crippen LogP contribution >= 0.6 is 0 Å². The number of halogens is 1. The molecule has 0 aromatic carbocycles. The van der Waals surface area contributed by atoms with Gasteiger partial charge in [0.1, 0.15) is 12.5 Å². The van der Waals surface area contributed by atoms with Crippen molar-refractivity contribution in [1.82, 2.24) is 14.9 Å². The van der Waals surface area contributed by atoms with E-state index in [1.54, 1.807) is 0 Å². The molecule has 0 aliphatic rings. The molecule has 1 rings (SSSR count). The summed E-state index contributed by atoms with van der Waals surface area (Å²) in [4.78, 5) is 9.68. The van der Waals surface area contributed by atoms with Crippen LogP contribution in [0.15, 0.2) is 0 Å². The average Bonchev–Trinajstić information content (AvgIpc) is 2.52. The molecule has 0 aliphatic heterocycles. The number of alkyl halides is 1. The van der Waals surface area contributed by atoms with E-state index in [1.807, 2.05) is 13.8 Å². The normalized spacial score (nSPS) is 11.3. The van der Waals surface area contributed by atoms with Gasteiger partial charge >= 0.3 is 0 Å². The fraction of sp³-hybridized carbons (Fsp3) is 0.727. The van der Waals surface area contributed by atoms with Crippen molar-refractivity contribution in [3.8, 4) is 0 Å². The molecule has 0 saturated carbocycles. The highest BCUT2D eigenvalue weighted by atomic mass is 19.1. The van der Waals surface area contributed by atoms with Crippen LogP contribution < -0.4 is 0 Å². The molecular weight excluding hydrogens is 193 g/mol. The van der Waals surface area contributed by atoms with Gasteiger partial charge in [-0.2, -0.15) is 0 Å². The fourth-order valence-corrected chi connectivity index (χ4v) is 1.71. The van der Waals surface area contributed by atoms with E-state index in [0.29, 0.717) is 6.54 Å². The Labute approximate surface area is 90.7 Å². The second-order valence-electron chi connectivity index (χ2n) is 3.77. The molecule has 1 N–H and O–H groups in total. The molecule has 0 bridgehead atoms. The van der Waals surface area contributed by atoms with Crippen molar-refractivity contribution in [2.24, 2.45) is 0 Å². The topological polar surface area (TPSA) is 31.9 Å². The van der Waals surface area contributed by atoms with Crippen molar-refractivity contribution < 1.29 is 4.39 Å². The molecule has 0 atom stereocenters. The molecule has 1 aromatic rings. The van der Waals surface area contributed by atoms with E-state index in [4.69, 9.17) is 0 Å². The first kappa shape index (κ1) is 12.2. The Morgan fingerprint density at radius 2 is 2.07 bits per heavy atom. The number of nitrogens with one attached hydrogen (secondary N) is 1. The molecule has 0 aliphatic carbocycles. The number of aryl methyl sites for hydroxylation is 2. The number of rotatable bonds is 6. The summed E-state index contributed by atoms with van der Waals surface area (Å²) >= 11 is 0. The molecule has 0 spiro atoms. The summed E-state index contributed by atoms with van der Waals surface area (Å²) in [6.07, 6.45) is 0.893. The molecule has 86 valence electrons. The van der Waals surface area contributed by atoms with E-state index in [9.17, 15) is 4.39 Å². The van der Waals surface area contributed by atoms with Gasteiger partial charge in [0.2, 0.25) is 0 Å². The molecular formula is C11H20FN3. The first-order chi connectivity index (χ1) is 7.17. The first-order valence-electron chi connectivity index (χ1n) is 5.47. The van der Waals surface area contributed by atoms with Crippen LogP contribution in [0.3, 0.4) is 0 Å². The molecule has 15 heavy (non-hydrogen) atoms. The highest BCUT2D eigenvalue weighted by Crippen LogP contribution is 2.05. The summed E-state index contributed by atoms with van der Waals surface area (Å²) in [5.74, 6) is 0.955. The zero-order chi connectivity index (χ0) is 11.3. The van der Waals surface area contributed by atoms with Gasteiger partial charge in [-0.15, -0.1) is 0 Å². The Morgan fingerprint density at radius 1 is 1.33 bits per heavy atom. The Morgan fingerprint density at radius 3 is 2.53 bits per heavy atom. The number of aromatic amines is 1. The Bertz CT molecular complexity index is 296. The zero-order valence-electron chi connectivity index (χ0n) is 9.81. The summed E-state index contributed by atoms with van der Waals surface area (Å²) in [6, 6.07) is 0. The van der Waals surface area contributed by atoms with Gasteiger partial charge in [-0.1, -0.05) is 6.92 Å². The quantitative estimate of drug-likeness (QED) is 0.782. The smallest absolute Gasteiger partial charge is 0.103 e. The van der Waals surface area contributed by atoms with E-state index < -0.39 is 0 Å². The lowest BCUT2D eigenvalue weighted by Gasteiger charge is -2.17. The molecule has 0 radical (unpaired) electrons. The van der Waals surface area contributed by atoms with Crippen LogP contribution in [0.4, 0.5) is 4.39 Å². The number of hydrogen-bond donors (Lipinski definition) is 1. The molecule has 0 amide bonds. The molecule has 0 fully saturated rings. The van der Waals surface area contributed by atoms with Crippen LogP contribution in [0, 0.1) is 13.8 Å². The van der Waals surface area contributed by atoms with Crippen LogP contribution in [0.25, 0.3) is 0 Å². The monoisotopic (exact) mass is 213 g/mol. The van der Waals surface area contributed by atoms with Gasteiger partial charge < -0.3 is 9.88 Å². The van der Waals surface area contributed by atoms with E-state index in [0.717, 1.165) is 36.7 Å². The van der Waals surface area contributed by atoms with E-state index in [1.165, 1.54) is 0 Å². The lowest BCUT2D eigenvalue weighted by atomic mass is 10.2. The highest BCUT2D eigenvalue weighted by molar-refractivity contribution is 5.12. The van der Waals surface area contributed by atoms with Crippen molar-refractivity contribution in [2.45, 2.75) is 27.2 Å². The maximum Gasteiger partial charge on any atom is 0.103 e. The second-order valence-corrected chi connectivity index (χ2v) is 3.77. The van der Waals surface area contributed by atoms with Gasteiger partial charge in [0, 0.05) is 25.2 Å². The number of imidazole rings is 1. The summed E-state index contributed by atoms with van der Waals surface area (Å²) < 4.78 is 12.2. The summed E-state index contributed by atoms with van der Waals surface area (Å²) in [5, 5.41) is 0. The standard InChI is InChI=1S/C11H20FN3/c1-4-15(8-6-12)7-5-11-9(2)13-10(3)14-11/h4-8H2,1-3H3,(H,13,14). The summed E-state index contributed by atoms with van der Waals surface area (Å²) in [5.41, 5.74) is 2.23. The Hall–Kier alpha value is -0.900. The predicted molar refractivity (Wildman–Crippen MR) is 59.9 cm³/mol. The fourth-order valence-electron chi connectivity index (χ4n) is 1.71. The van der Waals surface area contributed by atoms with Gasteiger partial charge in [-0.3, -0.25) is 0 Å². The van der Waals surface area contributed by atoms with Crippen LogP contribution in [0.2, 0.25) is 0 Å². The second kappa shape index (κ2) is 5.85. The molecule has 0 saturated heterocycles. The molecule has 1 aromatic heterocycles. The zero-order valence-corrected chi connectivity index (χ0v) is 9.81. The van der Waals surface area contributed by atoms with Crippen molar-refractivity contribution >= 4 is 0 Å². The summed E-state index contributed by atoms with van der Waals surface area (Å²) in [6.45, 7) is 8.07. The molecule has 3 nitrogen and oxygen atoms in total. The van der Waals surface area contributed by atoms with Crippen molar-refractivity contribution in [2.75, 3.05) is 26.3 Å². The lowest BCUT2D eigenvalue weighted by molar-refractivity contribution is 0.261. The molecule has 4 heteroatoms. The number of aromatic nitrogens is 2. The van der Waals surface area contributed by atoms with Gasteiger partial charge in [0.05, 0.1) is 5.69 Å². The third kappa shape index (κ3) is 3.63. The average molecular weight is 213 g/mol. The van der Waals surface area contributed by atoms with Gasteiger partial charge in [-0.25, -0.2) is 9.37 Å². The van der Waals surface area contributed by atoms with Crippen molar-refractivity contribution in [3.63, 3.8) is 0 Å². The third-order valence-electron chi connectivity index (χ3n) is 2.62. The highest BCUT2D eigenvalue weighted by Gasteiger charge is 2.07. The minimum absolute atomic E-state index is 0.271. The van der Waals surface area contributed by atoms with Crippen molar-refractivity contribution in [3.05, 3.63) is 17.2 Å². The number of H-pyrrole nitrogens is 1. The first-order valence-corrected chi connectivity index (χ1v) is 5.47. The predicted octanol–water partition coefficient (Wildman–Crippen LogP) is 1.86. The van der Waals surface area contributed by atoms with E-state index in [2.05, 4.69) is 21.8 Å². The van der Waals surface area contributed by atoms with Crippen LogP contribution in [0.1, 0.15) is 24.1 Å². The van der Waals surface area contributed by atoms with Crippen LogP contribution in [0.5, 0.6) is 0 Å². The Kier molecular flexibility index (Phi) is 4.75. The SMILES string of the molecule is CCN(CCF)CCc1nc(C)[nH]c1C. The minimum atomic E-state index is -0.271. The maximum absolute atomic E-state index is 12.2. The largest absolute Gasteiger partial charge is 0.346 e.